The number of amides is 1. The summed E-state index contributed by atoms with van der Waals surface area (Å²) >= 11 is 0. The zero-order valence-electron chi connectivity index (χ0n) is 13.7. The Kier molecular flexibility index (Phi) is 5.07. The lowest BCUT2D eigenvalue weighted by Crippen LogP contribution is -2.45. The third kappa shape index (κ3) is 3.72. The van der Waals surface area contributed by atoms with E-state index in [4.69, 9.17) is 10.5 Å². The van der Waals surface area contributed by atoms with Gasteiger partial charge < -0.3 is 15.4 Å². The van der Waals surface area contributed by atoms with E-state index in [0.717, 1.165) is 32.7 Å². The molecule has 2 heterocycles. The van der Waals surface area contributed by atoms with E-state index in [9.17, 15) is 4.79 Å². The number of carbonyl (C=O) groups excluding carboxylic acids is 1. The number of hydrogen-bond acceptors (Lipinski definition) is 6. The van der Waals surface area contributed by atoms with Gasteiger partial charge in [0, 0.05) is 38.3 Å². The maximum absolute atomic E-state index is 11.5. The molecule has 0 radical (unpaired) electrons. The molecular weight excluding hydrogens is 308 g/mol. The van der Waals surface area contributed by atoms with Crippen LogP contribution in [0.3, 0.4) is 0 Å². The minimum Gasteiger partial charge on any atom is -0.492 e. The Balaban J connectivity index is 1.66. The smallest absolute Gasteiger partial charge is 0.271 e. The largest absolute Gasteiger partial charge is 0.492 e. The quantitative estimate of drug-likeness (QED) is 0.784. The standard InChI is InChI=1S/C16H22N6O2/c1-21-6-8-22(9-7-21)10-11-24-13-5-3-2-4-12(13)14-15(16(17)23)19-20-18-14/h2-5H,6-11H2,1H3,(H2,17,23)(H,18,19,20). The number of piperazine rings is 1. The number of carbonyl (C=O) groups is 1. The molecule has 0 bridgehead atoms. The zero-order chi connectivity index (χ0) is 16.9. The first-order valence-electron chi connectivity index (χ1n) is 7.99. The fraction of sp³-hybridized carbons (Fsp3) is 0.438. The van der Waals surface area contributed by atoms with Crippen LogP contribution in [0.1, 0.15) is 10.5 Å². The summed E-state index contributed by atoms with van der Waals surface area (Å²) in [5, 5.41) is 10.3. The number of nitrogens with zero attached hydrogens (tertiary/aromatic N) is 4. The minimum absolute atomic E-state index is 0.116. The summed E-state index contributed by atoms with van der Waals surface area (Å²) in [5.41, 5.74) is 6.58. The third-order valence-corrected chi connectivity index (χ3v) is 4.18. The topological polar surface area (TPSA) is 100 Å². The van der Waals surface area contributed by atoms with Crippen molar-refractivity contribution in [1.29, 1.82) is 0 Å². The molecule has 1 aliphatic heterocycles. The minimum atomic E-state index is -0.619. The number of rotatable bonds is 6. The Bertz CT molecular complexity index is 693. The van der Waals surface area contributed by atoms with Crippen molar-refractivity contribution in [2.24, 2.45) is 5.73 Å². The Hall–Kier alpha value is -2.45. The number of ether oxygens (including phenoxy) is 1. The number of hydrogen-bond donors (Lipinski definition) is 2. The molecule has 1 fully saturated rings. The molecule has 1 aliphatic rings. The van der Waals surface area contributed by atoms with E-state index >= 15 is 0 Å². The number of nitrogens with two attached hydrogens (primary N) is 1. The number of likely N-dealkylation sites (N-methyl/N-ethyl adjacent to an activating group) is 1. The molecular formula is C16H22N6O2. The van der Waals surface area contributed by atoms with Crippen LogP contribution in [0.5, 0.6) is 5.75 Å². The fourth-order valence-corrected chi connectivity index (χ4v) is 2.73. The van der Waals surface area contributed by atoms with Crippen molar-refractivity contribution in [3.05, 3.63) is 30.0 Å². The van der Waals surface area contributed by atoms with E-state index < -0.39 is 5.91 Å². The first kappa shape index (κ1) is 16.4. The van der Waals surface area contributed by atoms with Gasteiger partial charge in [-0.1, -0.05) is 12.1 Å². The molecule has 1 saturated heterocycles. The van der Waals surface area contributed by atoms with E-state index in [-0.39, 0.29) is 5.69 Å². The van der Waals surface area contributed by atoms with Gasteiger partial charge in [-0.05, 0) is 19.2 Å². The number of benzene rings is 1. The van der Waals surface area contributed by atoms with Crippen molar-refractivity contribution in [1.82, 2.24) is 25.2 Å². The molecule has 24 heavy (non-hydrogen) atoms. The van der Waals surface area contributed by atoms with Gasteiger partial charge in [-0.3, -0.25) is 9.69 Å². The monoisotopic (exact) mass is 330 g/mol. The van der Waals surface area contributed by atoms with Crippen LogP contribution >= 0.6 is 0 Å². The summed E-state index contributed by atoms with van der Waals surface area (Å²) in [6.07, 6.45) is 0. The molecule has 3 rings (SSSR count). The van der Waals surface area contributed by atoms with Crippen molar-refractivity contribution >= 4 is 5.91 Å². The van der Waals surface area contributed by atoms with Crippen LogP contribution in [0.2, 0.25) is 0 Å². The highest BCUT2D eigenvalue weighted by molar-refractivity contribution is 5.97. The Labute approximate surface area is 140 Å². The van der Waals surface area contributed by atoms with Crippen molar-refractivity contribution in [2.45, 2.75) is 0 Å². The second kappa shape index (κ2) is 7.41. The van der Waals surface area contributed by atoms with Crippen LogP contribution in [0.15, 0.2) is 24.3 Å². The molecule has 1 aromatic carbocycles. The highest BCUT2D eigenvalue weighted by atomic mass is 16.5. The van der Waals surface area contributed by atoms with Gasteiger partial charge in [-0.2, -0.15) is 15.4 Å². The number of aromatic nitrogens is 3. The average molecular weight is 330 g/mol. The average Bonchev–Trinajstić information content (AvgIpc) is 3.07. The van der Waals surface area contributed by atoms with E-state index in [1.54, 1.807) is 0 Å². The second-order valence-electron chi connectivity index (χ2n) is 5.87. The van der Waals surface area contributed by atoms with Crippen LogP contribution < -0.4 is 10.5 Å². The van der Waals surface area contributed by atoms with Gasteiger partial charge in [0.05, 0.1) is 0 Å². The summed E-state index contributed by atoms with van der Waals surface area (Å²) < 4.78 is 5.94. The molecule has 3 N–H and O–H groups in total. The molecule has 0 aliphatic carbocycles. The Morgan fingerprint density at radius 2 is 2.00 bits per heavy atom. The molecule has 0 saturated carbocycles. The van der Waals surface area contributed by atoms with Crippen molar-refractivity contribution in [2.75, 3.05) is 46.4 Å². The lowest BCUT2D eigenvalue weighted by molar-refractivity contribution is 0.0996. The molecule has 0 spiro atoms. The number of nitrogens with one attached hydrogen (secondary N) is 1. The molecule has 8 nitrogen and oxygen atoms in total. The molecule has 1 amide bonds. The Morgan fingerprint density at radius 3 is 2.75 bits per heavy atom. The van der Waals surface area contributed by atoms with Crippen LogP contribution in [-0.2, 0) is 0 Å². The van der Waals surface area contributed by atoms with Crippen LogP contribution in [-0.4, -0.2) is 77.5 Å². The van der Waals surface area contributed by atoms with E-state index in [0.29, 0.717) is 23.6 Å². The Morgan fingerprint density at radius 1 is 1.25 bits per heavy atom. The van der Waals surface area contributed by atoms with Gasteiger partial charge in [0.1, 0.15) is 18.1 Å². The van der Waals surface area contributed by atoms with Crippen LogP contribution in [0.4, 0.5) is 0 Å². The van der Waals surface area contributed by atoms with Crippen molar-refractivity contribution < 1.29 is 9.53 Å². The number of H-pyrrole nitrogens is 1. The zero-order valence-corrected chi connectivity index (χ0v) is 13.7. The van der Waals surface area contributed by atoms with E-state index in [2.05, 4.69) is 32.3 Å². The van der Waals surface area contributed by atoms with E-state index in [1.165, 1.54) is 0 Å². The summed E-state index contributed by atoms with van der Waals surface area (Å²) in [6.45, 7) is 5.70. The van der Waals surface area contributed by atoms with E-state index in [1.807, 2.05) is 24.3 Å². The van der Waals surface area contributed by atoms with Crippen LogP contribution in [0.25, 0.3) is 11.3 Å². The van der Waals surface area contributed by atoms with Crippen molar-refractivity contribution in [3.63, 3.8) is 0 Å². The summed E-state index contributed by atoms with van der Waals surface area (Å²) in [5.74, 6) is 0.0500. The summed E-state index contributed by atoms with van der Waals surface area (Å²) in [7, 11) is 2.14. The first-order valence-corrected chi connectivity index (χ1v) is 7.99. The molecule has 128 valence electrons. The van der Waals surface area contributed by atoms with Gasteiger partial charge in [0.2, 0.25) is 0 Å². The van der Waals surface area contributed by atoms with Gasteiger partial charge in [-0.15, -0.1) is 0 Å². The highest BCUT2D eigenvalue weighted by Crippen LogP contribution is 2.29. The molecule has 0 atom stereocenters. The number of para-hydroxylation sites is 1. The first-order chi connectivity index (χ1) is 11.6. The maximum atomic E-state index is 11.5. The number of primary amides is 1. The van der Waals surface area contributed by atoms with Gasteiger partial charge in [-0.25, -0.2) is 0 Å². The highest BCUT2D eigenvalue weighted by Gasteiger charge is 2.19. The van der Waals surface area contributed by atoms with Crippen LogP contribution in [0, 0.1) is 0 Å². The normalized spacial score (nSPS) is 16.2. The number of aromatic amines is 1. The third-order valence-electron chi connectivity index (χ3n) is 4.18. The summed E-state index contributed by atoms with van der Waals surface area (Å²) in [6, 6.07) is 7.45. The van der Waals surface area contributed by atoms with Gasteiger partial charge >= 0.3 is 0 Å². The predicted molar refractivity (Wildman–Crippen MR) is 89.8 cm³/mol. The SMILES string of the molecule is CN1CCN(CCOc2ccccc2-c2n[nH]nc2C(N)=O)CC1. The fourth-order valence-electron chi connectivity index (χ4n) is 2.73. The second-order valence-corrected chi connectivity index (χ2v) is 5.87. The maximum Gasteiger partial charge on any atom is 0.271 e. The molecule has 1 aromatic heterocycles. The molecule has 0 unspecified atom stereocenters. The molecule has 2 aromatic rings. The molecule has 8 heteroatoms. The predicted octanol–water partition coefficient (Wildman–Crippen LogP) is 0.197. The lowest BCUT2D eigenvalue weighted by atomic mass is 10.1. The lowest BCUT2D eigenvalue weighted by Gasteiger charge is -2.32. The summed E-state index contributed by atoms with van der Waals surface area (Å²) in [4.78, 5) is 16.2. The van der Waals surface area contributed by atoms with Gasteiger partial charge in [0.15, 0.2) is 5.69 Å². The van der Waals surface area contributed by atoms with Gasteiger partial charge in [0.25, 0.3) is 5.91 Å². The van der Waals surface area contributed by atoms with Crippen molar-refractivity contribution in [3.8, 4) is 17.0 Å².